The molecular formula is C16H23N3O3S. The van der Waals surface area contributed by atoms with Gasteiger partial charge in [0.15, 0.2) is 5.11 Å². The number of carbonyl (C=O) groups is 2. The topological polar surface area (TPSA) is 90.5 Å². The Labute approximate surface area is 141 Å². The van der Waals surface area contributed by atoms with Crippen LogP contribution in [0.15, 0.2) is 30.3 Å². The zero-order valence-corrected chi connectivity index (χ0v) is 14.3. The molecular weight excluding hydrogens is 314 g/mol. The third-order valence-electron chi connectivity index (χ3n) is 3.09. The highest BCUT2D eigenvalue weighted by atomic mass is 32.1. The van der Waals surface area contributed by atoms with Gasteiger partial charge in [-0.05, 0) is 43.6 Å². The average molecular weight is 337 g/mol. The van der Waals surface area contributed by atoms with E-state index in [0.717, 1.165) is 5.69 Å². The van der Waals surface area contributed by atoms with Gasteiger partial charge in [0.25, 0.3) is 0 Å². The molecule has 0 saturated heterocycles. The van der Waals surface area contributed by atoms with Crippen molar-refractivity contribution in [2.45, 2.75) is 39.3 Å². The van der Waals surface area contributed by atoms with E-state index in [0.29, 0.717) is 11.5 Å². The molecule has 0 spiro atoms. The van der Waals surface area contributed by atoms with Crippen molar-refractivity contribution in [1.29, 1.82) is 0 Å². The van der Waals surface area contributed by atoms with Crippen LogP contribution in [0.3, 0.4) is 0 Å². The Morgan fingerprint density at radius 3 is 2.26 bits per heavy atom. The van der Waals surface area contributed by atoms with E-state index in [-0.39, 0.29) is 11.8 Å². The predicted molar refractivity (Wildman–Crippen MR) is 94.3 cm³/mol. The van der Waals surface area contributed by atoms with Crippen LogP contribution in [0.5, 0.6) is 0 Å². The maximum absolute atomic E-state index is 12.3. The lowest BCUT2D eigenvalue weighted by Gasteiger charge is -2.23. The molecule has 0 radical (unpaired) electrons. The van der Waals surface area contributed by atoms with E-state index in [9.17, 15) is 9.59 Å². The molecule has 126 valence electrons. The van der Waals surface area contributed by atoms with Crippen LogP contribution >= 0.6 is 12.2 Å². The molecule has 1 amide bonds. The number of hydrogen-bond donors (Lipinski definition) is 4. The van der Waals surface area contributed by atoms with E-state index in [1.165, 1.54) is 6.92 Å². The van der Waals surface area contributed by atoms with Crippen LogP contribution in [0.1, 0.15) is 27.2 Å². The van der Waals surface area contributed by atoms with Gasteiger partial charge >= 0.3 is 5.97 Å². The first-order chi connectivity index (χ1) is 10.8. The standard InChI is InChI=1S/C16H23N3O3S/c1-10(2)9-13(14(20)17-11(3)15(21)22)19-16(23)18-12-7-5-4-6-8-12/h4-8,10-11,13H,9H2,1-3H3,(H,17,20)(H,21,22)(H2,18,19,23)/t11-,13-/m0/s1. The van der Waals surface area contributed by atoms with E-state index in [4.69, 9.17) is 17.3 Å². The molecule has 1 aromatic carbocycles. The van der Waals surface area contributed by atoms with Gasteiger partial charge in [-0.25, -0.2) is 0 Å². The smallest absolute Gasteiger partial charge is 0.325 e. The molecule has 2 atom stereocenters. The summed E-state index contributed by atoms with van der Waals surface area (Å²) in [5.74, 6) is -1.21. The molecule has 0 aliphatic rings. The summed E-state index contributed by atoms with van der Waals surface area (Å²) >= 11 is 5.23. The number of carboxylic acid groups (broad SMARTS) is 1. The number of thiocarbonyl (C=S) groups is 1. The van der Waals surface area contributed by atoms with Crippen molar-refractivity contribution in [1.82, 2.24) is 10.6 Å². The molecule has 0 aliphatic carbocycles. The fourth-order valence-corrected chi connectivity index (χ4v) is 2.19. The first-order valence-corrected chi connectivity index (χ1v) is 7.86. The number of anilines is 1. The maximum atomic E-state index is 12.3. The summed E-state index contributed by atoms with van der Waals surface area (Å²) in [6.45, 7) is 5.39. The minimum Gasteiger partial charge on any atom is -0.480 e. The Balaban J connectivity index is 2.68. The van der Waals surface area contributed by atoms with Crippen molar-refractivity contribution in [3.8, 4) is 0 Å². The van der Waals surface area contributed by atoms with Crippen molar-refractivity contribution in [3.05, 3.63) is 30.3 Å². The predicted octanol–water partition coefficient (Wildman–Crippen LogP) is 1.98. The van der Waals surface area contributed by atoms with E-state index >= 15 is 0 Å². The molecule has 4 N–H and O–H groups in total. The summed E-state index contributed by atoms with van der Waals surface area (Å²) in [6.07, 6.45) is 0.536. The molecule has 7 heteroatoms. The van der Waals surface area contributed by atoms with Crippen LogP contribution in [0, 0.1) is 5.92 Å². The van der Waals surface area contributed by atoms with Gasteiger partial charge in [0.2, 0.25) is 5.91 Å². The van der Waals surface area contributed by atoms with Crippen LogP contribution in [-0.4, -0.2) is 34.2 Å². The Morgan fingerprint density at radius 1 is 1.13 bits per heavy atom. The quantitative estimate of drug-likeness (QED) is 0.569. The first-order valence-electron chi connectivity index (χ1n) is 7.45. The van der Waals surface area contributed by atoms with Crippen LogP contribution in [0.25, 0.3) is 0 Å². The van der Waals surface area contributed by atoms with Gasteiger partial charge in [0.1, 0.15) is 12.1 Å². The second-order valence-electron chi connectivity index (χ2n) is 5.72. The van der Waals surface area contributed by atoms with Gasteiger partial charge in [-0.15, -0.1) is 0 Å². The minimum atomic E-state index is -1.08. The molecule has 0 bridgehead atoms. The number of nitrogens with one attached hydrogen (secondary N) is 3. The van der Waals surface area contributed by atoms with Crippen molar-refractivity contribution >= 4 is 34.9 Å². The van der Waals surface area contributed by atoms with Gasteiger partial charge in [-0.1, -0.05) is 32.0 Å². The van der Waals surface area contributed by atoms with E-state index in [1.807, 2.05) is 44.2 Å². The van der Waals surface area contributed by atoms with Gasteiger partial charge < -0.3 is 21.1 Å². The number of amides is 1. The lowest BCUT2D eigenvalue weighted by molar-refractivity contribution is -0.141. The van der Waals surface area contributed by atoms with E-state index in [2.05, 4.69) is 16.0 Å². The van der Waals surface area contributed by atoms with E-state index in [1.54, 1.807) is 0 Å². The number of rotatable bonds is 7. The molecule has 0 aromatic heterocycles. The fourth-order valence-electron chi connectivity index (χ4n) is 1.93. The number of aliphatic carboxylic acids is 1. The second kappa shape index (κ2) is 9.09. The fraction of sp³-hybridized carbons (Fsp3) is 0.438. The number of carboxylic acids is 1. The van der Waals surface area contributed by atoms with Gasteiger partial charge in [0, 0.05) is 5.69 Å². The number of hydrogen-bond acceptors (Lipinski definition) is 3. The van der Waals surface area contributed by atoms with Crippen molar-refractivity contribution in [2.75, 3.05) is 5.32 Å². The maximum Gasteiger partial charge on any atom is 0.325 e. The molecule has 0 fully saturated rings. The molecule has 1 aromatic rings. The Bertz CT molecular complexity index is 549. The van der Waals surface area contributed by atoms with Crippen LogP contribution in [0.2, 0.25) is 0 Å². The molecule has 0 unspecified atom stereocenters. The average Bonchev–Trinajstić information content (AvgIpc) is 2.46. The molecule has 0 saturated carbocycles. The van der Waals surface area contributed by atoms with Crippen LogP contribution < -0.4 is 16.0 Å². The summed E-state index contributed by atoms with van der Waals surface area (Å²) in [6, 6.07) is 7.81. The van der Waals surface area contributed by atoms with Crippen molar-refractivity contribution in [3.63, 3.8) is 0 Å². The summed E-state index contributed by atoms with van der Waals surface area (Å²) < 4.78 is 0. The highest BCUT2D eigenvalue weighted by molar-refractivity contribution is 7.80. The summed E-state index contributed by atoms with van der Waals surface area (Å²) in [5, 5.41) is 17.6. The number of para-hydroxylation sites is 1. The monoisotopic (exact) mass is 337 g/mol. The van der Waals surface area contributed by atoms with Crippen LogP contribution in [0.4, 0.5) is 5.69 Å². The van der Waals surface area contributed by atoms with Crippen molar-refractivity contribution in [2.24, 2.45) is 5.92 Å². The SMILES string of the molecule is CC(C)C[C@H](NC(=S)Nc1ccccc1)C(=O)N[C@@H](C)C(=O)O. The lowest BCUT2D eigenvalue weighted by Crippen LogP contribution is -2.52. The number of carbonyl (C=O) groups excluding carboxylic acids is 1. The highest BCUT2D eigenvalue weighted by Gasteiger charge is 2.24. The Kier molecular flexibility index (Phi) is 7.47. The minimum absolute atomic E-state index is 0.248. The van der Waals surface area contributed by atoms with Gasteiger partial charge in [-0.3, -0.25) is 9.59 Å². The summed E-state index contributed by atoms with van der Waals surface area (Å²) in [5.41, 5.74) is 0.813. The normalized spacial score (nSPS) is 13.0. The van der Waals surface area contributed by atoms with Gasteiger partial charge in [0.05, 0.1) is 0 Å². The zero-order valence-electron chi connectivity index (χ0n) is 13.5. The first kappa shape index (κ1) is 18.9. The van der Waals surface area contributed by atoms with E-state index < -0.39 is 18.1 Å². The molecule has 6 nitrogen and oxygen atoms in total. The largest absolute Gasteiger partial charge is 0.480 e. The lowest BCUT2D eigenvalue weighted by atomic mass is 10.0. The molecule has 1 rings (SSSR count). The van der Waals surface area contributed by atoms with Crippen LogP contribution in [-0.2, 0) is 9.59 Å². The van der Waals surface area contributed by atoms with Crippen molar-refractivity contribution < 1.29 is 14.7 Å². The summed E-state index contributed by atoms with van der Waals surface area (Å²) in [4.78, 5) is 23.1. The summed E-state index contributed by atoms with van der Waals surface area (Å²) in [7, 11) is 0. The Hall–Kier alpha value is -2.15. The number of benzene rings is 1. The molecule has 0 heterocycles. The second-order valence-corrected chi connectivity index (χ2v) is 6.12. The highest BCUT2D eigenvalue weighted by Crippen LogP contribution is 2.08. The zero-order chi connectivity index (χ0) is 17.4. The third kappa shape index (κ3) is 7.10. The third-order valence-corrected chi connectivity index (χ3v) is 3.31. The van der Waals surface area contributed by atoms with Gasteiger partial charge in [-0.2, -0.15) is 0 Å². The molecule has 0 aliphatic heterocycles. The Morgan fingerprint density at radius 2 is 1.74 bits per heavy atom. The molecule has 23 heavy (non-hydrogen) atoms.